The summed E-state index contributed by atoms with van der Waals surface area (Å²) in [6.45, 7) is 11.9. The molecule has 16 heavy (non-hydrogen) atoms. The van der Waals surface area contributed by atoms with E-state index in [9.17, 15) is 0 Å². The lowest BCUT2D eigenvalue weighted by Gasteiger charge is -2.18. The summed E-state index contributed by atoms with van der Waals surface area (Å²) in [6, 6.07) is 0. The Hall–Kier alpha value is -1.39. The van der Waals surface area contributed by atoms with Gasteiger partial charge in [-0.1, -0.05) is 20.8 Å². The van der Waals surface area contributed by atoms with Crippen molar-refractivity contribution < 1.29 is 0 Å². The van der Waals surface area contributed by atoms with Gasteiger partial charge in [0.2, 0.25) is 11.9 Å². The van der Waals surface area contributed by atoms with E-state index in [1.54, 1.807) is 0 Å². The van der Waals surface area contributed by atoms with Crippen molar-refractivity contribution in [3.63, 3.8) is 0 Å². The molecule has 0 saturated heterocycles. The van der Waals surface area contributed by atoms with Gasteiger partial charge in [-0.05, 0) is 13.8 Å². The third-order valence-electron chi connectivity index (χ3n) is 1.98. The molecule has 0 saturated carbocycles. The minimum absolute atomic E-state index is 0.0721. The van der Waals surface area contributed by atoms with Crippen molar-refractivity contribution in [2.75, 3.05) is 23.7 Å². The summed E-state index contributed by atoms with van der Waals surface area (Å²) in [7, 11) is 0. The lowest BCUT2D eigenvalue weighted by molar-refractivity contribution is 0.543. The number of aromatic nitrogens is 3. The predicted molar refractivity (Wildman–Crippen MR) is 66.9 cm³/mol. The summed E-state index contributed by atoms with van der Waals surface area (Å²) >= 11 is 0. The highest BCUT2D eigenvalue weighted by Crippen LogP contribution is 2.20. The molecule has 0 bridgehead atoms. The van der Waals surface area contributed by atoms with Crippen LogP contribution in [0, 0.1) is 0 Å². The molecular weight excluding hydrogens is 202 g/mol. The second-order valence-electron chi connectivity index (χ2n) is 4.62. The fraction of sp³-hybridized carbons (Fsp3) is 0.727. The van der Waals surface area contributed by atoms with Gasteiger partial charge in [0, 0.05) is 18.5 Å². The maximum atomic E-state index is 4.40. The largest absolute Gasteiger partial charge is 0.354 e. The summed E-state index contributed by atoms with van der Waals surface area (Å²) < 4.78 is 0. The Bertz CT molecular complexity index is 318. The molecule has 5 heteroatoms. The van der Waals surface area contributed by atoms with E-state index in [1.807, 2.05) is 13.8 Å². The molecule has 0 aromatic carbocycles. The van der Waals surface area contributed by atoms with E-state index in [-0.39, 0.29) is 5.41 Å². The molecule has 0 atom stereocenters. The van der Waals surface area contributed by atoms with Crippen LogP contribution in [-0.2, 0) is 5.41 Å². The third-order valence-corrected chi connectivity index (χ3v) is 1.98. The Balaban J connectivity index is 3.08. The van der Waals surface area contributed by atoms with E-state index in [0.717, 1.165) is 18.9 Å². The average molecular weight is 223 g/mol. The fourth-order valence-electron chi connectivity index (χ4n) is 1.19. The Morgan fingerprint density at radius 2 is 1.31 bits per heavy atom. The van der Waals surface area contributed by atoms with Crippen LogP contribution >= 0.6 is 0 Å². The molecule has 0 aliphatic heterocycles. The lowest BCUT2D eigenvalue weighted by atomic mass is 9.96. The number of anilines is 2. The molecule has 0 aliphatic carbocycles. The molecule has 1 aromatic heterocycles. The van der Waals surface area contributed by atoms with Crippen LogP contribution in [0.5, 0.6) is 0 Å². The standard InChI is InChI=1S/C11H21N5/c1-6-12-9-14-8(11(3,4)5)15-10(16-9)13-7-2/h6-7H2,1-5H3,(H2,12,13,14,15,16). The lowest BCUT2D eigenvalue weighted by Crippen LogP contribution is -2.20. The molecular formula is C11H21N5. The Morgan fingerprint density at radius 3 is 1.62 bits per heavy atom. The van der Waals surface area contributed by atoms with Crippen LogP contribution in [0.2, 0.25) is 0 Å². The van der Waals surface area contributed by atoms with E-state index in [2.05, 4.69) is 46.4 Å². The first-order chi connectivity index (χ1) is 7.47. The van der Waals surface area contributed by atoms with Crippen molar-refractivity contribution in [3.05, 3.63) is 5.82 Å². The summed E-state index contributed by atoms with van der Waals surface area (Å²) in [5.74, 6) is 2.08. The van der Waals surface area contributed by atoms with E-state index in [1.165, 1.54) is 0 Å². The first-order valence-electron chi connectivity index (χ1n) is 5.71. The molecule has 1 heterocycles. The smallest absolute Gasteiger partial charge is 0.227 e. The second-order valence-corrected chi connectivity index (χ2v) is 4.62. The molecule has 0 unspecified atom stereocenters. The molecule has 1 rings (SSSR count). The van der Waals surface area contributed by atoms with Crippen molar-refractivity contribution in [2.24, 2.45) is 0 Å². The van der Waals surface area contributed by atoms with Crippen molar-refractivity contribution in [2.45, 2.75) is 40.0 Å². The average Bonchev–Trinajstić information content (AvgIpc) is 2.17. The number of rotatable bonds is 4. The zero-order chi connectivity index (χ0) is 12.2. The summed E-state index contributed by atoms with van der Waals surface area (Å²) in [4.78, 5) is 13.1. The normalized spacial score (nSPS) is 11.3. The van der Waals surface area contributed by atoms with Crippen molar-refractivity contribution in [1.82, 2.24) is 15.0 Å². The van der Waals surface area contributed by atoms with Crippen molar-refractivity contribution >= 4 is 11.9 Å². The first kappa shape index (κ1) is 12.7. The minimum atomic E-state index is -0.0721. The van der Waals surface area contributed by atoms with Crippen LogP contribution < -0.4 is 10.6 Å². The number of hydrogen-bond acceptors (Lipinski definition) is 5. The predicted octanol–water partition coefficient (Wildman–Crippen LogP) is 2.03. The van der Waals surface area contributed by atoms with Crippen LogP contribution in [0.15, 0.2) is 0 Å². The monoisotopic (exact) mass is 223 g/mol. The van der Waals surface area contributed by atoms with Crippen LogP contribution in [0.4, 0.5) is 11.9 Å². The third kappa shape index (κ3) is 3.32. The topological polar surface area (TPSA) is 62.7 Å². The molecule has 5 nitrogen and oxygen atoms in total. The van der Waals surface area contributed by atoms with Crippen LogP contribution in [0.3, 0.4) is 0 Å². The van der Waals surface area contributed by atoms with Crippen LogP contribution in [0.1, 0.15) is 40.4 Å². The van der Waals surface area contributed by atoms with E-state index in [4.69, 9.17) is 0 Å². The summed E-state index contributed by atoms with van der Waals surface area (Å²) in [6.07, 6.45) is 0. The van der Waals surface area contributed by atoms with Gasteiger partial charge in [0.05, 0.1) is 0 Å². The minimum Gasteiger partial charge on any atom is -0.354 e. The molecule has 90 valence electrons. The van der Waals surface area contributed by atoms with Crippen molar-refractivity contribution in [1.29, 1.82) is 0 Å². The van der Waals surface area contributed by atoms with Gasteiger partial charge in [-0.3, -0.25) is 0 Å². The fourth-order valence-corrected chi connectivity index (χ4v) is 1.19. The van der Waals surface area contributed by atoms with Gasteiger partial charge >= 0.3 is 0 Å². The van der Waals surface area contributed by atoms with Gasteiger partial charge < -0.3 is 10.6 Å². The first-order valence-corrected chi connectivity index (χ1v) is 5.71. The molecule has 0 spiro atoms. The van der Waals surface area contributed by atoms with E-state index in [0.29, 0.717) is 11.9 Å². The number of hydrogen-bond donors (Lipinski definition) is 2. The maximum absolute atomic E-state index is 4.40. The number of nitrogens with zero attached hydrogens (tertiary/aromatic N) is 3. The molecule has 2 N–H and O–H groups in total. The zero-order valence-corrected chi connectivity index (χ0v) is 10.8. The van der Waals surface area contributed by atoms with E-state index < -0.39 is 0 Å². The highest BCUT2D eigenvalue weighted by molar-refractivity contribution is 5.35. The zero-order valence-electron chi connectivity index (χ0n) is 10.8. The Labute approximate surface area is 97.1 Å². The van der Waals surface area contributed by atoms with Gasteiger partial charge in [-0.15, -0.1) is 0 Å². The quantitative estimate of drug-likeness (QED) is 0.817. The van der Waals surface area contributed by atoms with Gasteiger partial charge in [0.1, 0.15) is 5.82 Å². The molecule has 1 aromatic rings. The highest BCUT2D eigenvalue weighted by Gasteiger charge is 2.19. The highest BCUT2D eigenvalue weighted by atomic mass is 15.2. The second kappa shape index (κ2) is 5.09. The van der Waals surface area contributed by atoms with E-state index >= 15 is 0 Å². The van der Waals surface area contributed by atoms with Gasteiger partial charge in [-0.2, -0.15) is 15.0 Å². The van der Waals surface area contributed by atoms with Crippen LogP contribution in [-0.4, -0.2) is 28.0 Å². The maximum Gasteiger partial charge on any atom is 0.227 e. The Morgan fingerprint density at radius 1 is 0.875 bits per heavy atom. The molecule has 0 amide bonds. The molecule has 0 radical (unpaired) electrons. The van der Waals surface area contributed by atoms with Gasteiger partial charge in [-0.25, -0.2) is 0 Å². The van der Waals surface area contributed by atoms with Crippen molar-refractivity contribution in [3.8, 4) is 0 Å². The van der Waals surface area contributed by atoms with Crippen LogP contribution in [0.25, 0.3) is 0 Å². The Kier molecular flexibility index (Phi) is 4.04. The van der Waals surface area contributed by atoms with Gasteiger partial charge in [0.25, 0.3) is 0 Å². The molecule has 0 aliphatic rings. The SMILES string of the molecule is CCNc1nc(NCC)nc(C(C)(C)C)n1. The summed E-state index contributed by atoms with van der Waals surface area (Å²) in [5, 5.41) is 6.23. The number of nitrogens with one attached hydrogen (secondary N) is 2. The van der Waals surface area contributed by atoms with Gasteiger partial charge in [0.15, 0.2) is 0 Å². The molecule has 0 fully saturated rings. The summed E-state index contributed by atoms with van der Waals surface area (Å²) in [5.41, 5.74) is -0.0721.